The van der Waals surface area contributed by atoms with E-state index in [9.17, 15) is 0 Å². The SMILES string of the molecule is CCC(CC)Cn1ccc2cc(OC)ccc21. The number of fused-ring (bicyclic) bond motifs is 1. The van der Waals surface area contributed by atoms with Crippen LogP contribution in [0.4, 0.5) is 0 Å². The van der Waals surface area contributed by atoms with Crippen molar-refractivity contribution < 1.29 is 4.74 Å². The maximum atomic E-state index is 5.25. The van der Waals surface area contributed by atoms with Crippen molar-refractivity contribution in [3.63, 3.8) is 0 Å². The second-order valence-corrected chi connectivity index (χ2v) is 4.58. The average Bonchev–Trinajstić information content (AvgIpc) is 2.78. The van der Waals surface area contributed by atoms with Crippen molar-refractivity contribution in [2.45, 2.75) is 33.2 Å². The minimum Gasteiger partial charge on any atom is -0.497 e. The van der Waals surface area contributed by atoms with Crippen LogP contribution in [0.1, 0.15) is 26.7 Å². The van der Waals surface area contributed by atoms with E-state index < -0.39 is 0 Å². The molecule has 0 amide bonds. The fourth-order valence-corrected chi connectivity index (χ4v) is 2.29. The monoisotopic (exact) mass is 231 g/mol. The topological polar surface area (TPSA) is 14.2 Å². The lowest BCUT2D eigenvalue weighted by molar-refractivity contribution is 0.415. The summed E-state index contributed by atoms with van der Waals surface area (Å²) in [4.78, 5) is 0. The van der Waals surface area contributed by atoms with Gasteiger partial charge in [-0.1, -0.05) is 26.7 Å². The molecule has 0 aliphatic carbocycles. The van der Waals surface area contributed by atoms with Gasteiger partial charge in [0.1, 0.15) is 5.75 Å². The zero-order valence-corrected chi connectivity index (χ0v) is 10.9. The Morgan fingerprint density at radius 2 is 1.94 bits per heavy atom. The van der Waals surface area contributed by atoms with Crippen LogP contribution in [-0.4, -0.2) is 11.7 Å². The first kappa shape index (κ1) is 12.0. The van der Waals surface area contributed by atoms with Crippen molar-refractivity contribution in [1.82, 2.24) is 4.57 Å². The molecule has 2 aromatic rings. The first-order valence-electron chi connectivity index (χ1n) is 6.41. The van der Waals surface area contributed by atoms with Crippen LogP contribution in [0.15, 0.2) is 30.5 Å². The van der Waals surface area contributed by atoms with E-state index in [1.165, 1.54) is 23.7 Å². The third-order valence-electron chi connectivity index (χ3n) is 3.59. The van der Waals surface area contributed by atoms with E-state index in [0.717, 1.165) is 18.2 Å². The summed E-state index contributed by atoms with van der Waals surface area (Å²) >= 11 is 0. The van der Waals surface area contributed by atoms with Gasteiger partial charge in [-0.3, -0.25) is 0 Å². The first-order valence-corrected chi connectivity index (χ1v) is 6.41. The Bertz CT molecular complexity index is 483. The number of rotatable bonds is 5. The number of hydrogen-bond donors (Lipinski definition) is 0. The predicted octanol–water partition coefficient (Wildman–Crippen LogP) is 4.09. The fraction of sp³-hybridized carbons (Fsp3) is 0.467. The third kappa shape index (κ3) is 2.46. The summed E-state index contributed by atoms with van der Waals surface area (Å²) in [6, 6.07) is 8.45. The highest BCUT2D eigenvalue weighted by atomic mass is 16.5. The molecular weight excluding hydrogens is 210 g/mol. The Balaban J connectivity index is 2.30. The van der Waals surface area contributed by atoms with Crippen LogP contribution in [-0.2, 0) is 6.54 Å². The summed E-state index contributed by atoms with van der Waals surface area (Å²) in [6.07, 6.45) is 4.67. The van der Waals surface area contributed by atoms with Gasteiger partial charge < -0.3 is 9.30 Å². The minimum atomic E-state index is 0.771. The smallest absolute Gasteiger partial charge is 0.119 e. The highest BCUT2D eigenvalue weighted by Gasteiger charge is 2.07. The van der Waals surface area contributed by atoms with Gasteiger partial charge in [-0.2, -0.15) is 0 Å². The van der Waals surface area contributed by atoms with Crippen LogP contribution in [0.2, 0.25) is 0 Å². The van der Waals surface area contributed by atoms with Gasteiger partial charge in [0.15, 0.2) is 0 Å². The van der Waals surface area contributed by atoms with E-state index in [0.29, 0.717) is 0 Å². The Kier molecular flexibility index (Phi) is 3.72. The van der Waals surface area contributed by atoms with Gasteiger partial charge in [-0.05, 0) is 30.2 Å². The molecular formula is C15H21NO. The van der Waals surface area contributed by atoms with E-state index in [-0.39, 0.29) is 0 Å². The van der Waals surface area contributed by atoms with E-state index in [1.54, 1.807) is 7.11 Å². The lowest BCUT2D eigenvalue weighted by Gasteiger charge is -2.14. The zero-order chi connectivity index (χ0) is 12.3. The molecule has 0 saturated heterocycles. The molecule has 0 fully saturated rings. The lowest BCUT2D eigenvalue weighted by Crippen LogP contribution is -2.07. The van der Waals surface area contributed by atoms with E-state index in [1.807, 2.05) is 6.07 Å². The Morgan fingerprint density at radius 1 is 1.18 bits per heavy atom. The summed E-state index contributed by atoms with van der Waals surface area (Å²) < 4.78 is 7.60. The Hall–Kier alpha value is -1.44. The number of ether oxygens (including phenoxy) is 1. The van der Waals surface area contributed by atoms with E-state index >= 15 is 0 Å². The molecule has 1 aromatic heterocycles. The second kappa shape index (κ2) is 5.26. The van der Waals surface area contributed by atoms with Crippen molar-refractivity contribution in [3.05, 3.63) is 30.5 Å². The van der Waals surface area contributed by atoms with Crippen molar-refractivity contribution in [2.75, 3.05) is 7.11 Å². The molecule has 92 valence electrons. The highest BCUT2D eigenvalue weighted by Crippen LogP contribution is 2.23. The highest BCUT2D eigenvalue weighted by molar-refractivity contribution is 5.81. The lowest BCUT2D eigenvalue weighted by atomic mass is 10.0. The van der Waals surface area contributed by atoms with Crippen molar-refractivity contribution in [2.24, 2.45) is 5.92 Å². The first-order chi connectivity index (χ1) is 8.28. The van der Waals surface area contributed by atoms with E-state index in [4.69, 9.17) is 4.74 Å². The molecule has 1 heterocycles. The van der Waals surface area contributed by atoms with Crippen LogP contribution in [0.3, 0.4) is 0 Å². The molecule has 0 aliphatic rings. The molecule has 2 rings (SSSR count). The molecule has 2 nitrogen and oxygen atoms in total. The van der Waals surface area contributed by atoms with Crippen LogP contribution < -0.4 is 4.74 Å². The second-order valence-electron chi connectivity index (χ2n) is 4.58. The van der Waals surface area contributed by atoms with Crippen molar-refractivity contribution in [1.29, 1.82) is 0 Å². The van der Waals surface area contributed by atoms with Crippen molar-refractivity contribution >= 4 is 10.9 Å². The Morgan fingerprint density at radius 3 is 2.59 bits per heavy atom. The molecule has 0 aliphatic heterocycles. The van der Waals surface area contributed by atoms with Crippen LogP contribution >= 0.6 is 0 Å². The molecule has 0 spiro atoms. The molecule has 0 unspecified atom stereocenters. The Labute approximate surface area is 103 Å². The quantitative estimate of drug-likeness (QED) is 0.756. The summed E-state index contributed by atoms with van der Waals surface area (Å²) in [5.74, 6) is 1.70. The normalized spacial score (nSPS) is 11.3. The molecule has 0 atom stereocenters. The van der Waals surface area contributed by atoms with Gasteiger partial charge in [-0.25, -0.2) is 0 Å². The molecule has 0 radical (unpaired) electrons. The number of hydrogen-bond acceptors (Lipinski definition) is 1. The van der Waals surface area contributed by atoms with Gasteiger partial charge in [0.2, 0.25) is 0 Å². The molecule has 0 saturated carbocycles. The number of nitrogens with zero attached hydrogens (tertiary/aromatic N) is 1. The van der Waals surface area contributed by atoms with Gasteiger partial charge in [0, 0.05) is 23.6 Å². The predicted molar refractivity (Wildman–Crippen MR) is 72.6 cm³/mol. The maximum absolute atomic E-state index is 5.25. The zero-order valence-electron chi connectivity index (χ0n) is 10.9. The van der Waals surface area contributed by atoms with Gasteiger partial charge in [-0.15, -0.1) is 0 Å². The summed E-state index contributed by atoms with van der Waals surface area (Å²) in [6.45, 7) is 5.65. The number of methoxy groups -OCH3 is 1. The summed E-state index contributed by atoms with van der Waals surface area (Å²) in [5.41, 5.74) is 1.30. The number of aromatic nitrogens is 1. The van der Waals surface area contributed by atoms with Crippen molar-refractivity contribution in [3.8, 4) is 5.75 Å². The van der Waals surface area contributed by atoms with Crippen LogP contribution in [0, 0.1) is 5.92 Å². The standard InChI is InChI=1S/C15H21NO/c1-4-12(5-2)11-16-9-8-13-10-14(17-3)6-7-15(13)16/h6-10,12H,4-5,11H2,1-3H3. The largest absolute Gasteiger partial charge is 0.497 e. The summed E-state index contributed by atoms with van der Waals surface area (Å²) in [5, 5.41) is 1.26. The molecule has 2 heteroatoms. The minimum absolute atomic E-state index is 0.771. The van der Waals surface area contributed by atoms with Gasteiger partial charge in [0.05, 0.1) is 7.11 Å². The molecule has 1 aromatic carbocycles. The molecule has 0 bridgehead atoms. The molecule has 0 N–H and O–H groups in total. The fourth-order valence-electron chi connectivity index (χ4n) is 2.29. The van der Waals surface area contributed by atoms with E-state index in [2.05, 4.69) is 42.8 Å². The molecule has 17 heavy (non-hydrogen) atoms. The van der Waals surface area contributed by atoms with Gasteiger partial charge >= 0.3 is 0 Å². The van der Waals surface area contributed by atoms with Crippen LogP contribution in [0.5, 0.6) is 5.75 Å². The maximum Gasteiger partial charge on any atom is 0.119 e. The average molecular weight is 231 g/mol. The summed E-state index contributed by atoms with van der Waals surface area (Å²) in [7, 11) is 1.71. The number of benzene rings is 1. The third-order valence-corrected chi connectivity index (χ3v) is 3.59. The van der Waals surface area contributed by atoms with Gasteiger partial charge in [0.25, 0.3) is 0 Å². The van der Waals surface area contributed by atoms with Crippen LogP contribution in [0.25, 0.3) is 10.9 Å².